The number of benzene rings is 2. The van der Waals surface area contributed by atoms with Crippen molar-refractivity contribution < 1.29 is 9.53 Å². The van der Waals surface area contributed by atoms with Crippen LogP contribution in [0, 0.1) is 13.8 Å². The zero-order valence-corrected chi connectivity index (χ0v) is 18.8. The molecule has 1 amide bonds. The zero-order chi connectivity index (χ0) is 21.5. The number of amides is 1. The normalized spacial score (nSPS) is 10.9. The van der Waals surface area contributed by atoms with E-state index >= 15 is 0 Å². The van der Waals surface area contributed by atoms with E-state index < -0.39 is 0 Å². The molecular weight excluding hydrogens is 396 g/mol. The minimum absolute atomic E-state index is 0.0533. The lowest BCUT2D eigenvalue weighted by Crippen LogP contribution is -2.17. The van der Waals surface area contributed by atoms with Gasteiger partial charge in [-0.1, -0.05) is 60.6 Å². The molecule has 0 saturated heterocycles. The number of methoxy groups -OCH3 is 1. The van der Waals surface area contributed by atoms with Crippen molar-refractivity contribution >= 4 is 23.4 Å². The molecule has 30 heavy (non-hydrogen) atoms. The zero-order valence-electron chi connectivity index (χ0n) is 17.9. The summed E-state index contributed by atoms with van der Waals surface area (Å²) in [6, 6.07) is 14.2. The summed E-state index contributed by atoms with van der Waals surface area (Å²) >= 11 is 1.39. The fourth-order valence-corrected chi connectivity index (χ4v) is 4.05. The highest BCUT2D eigenvalue weighted by Crippen LogP contribution is 2.26. The lowest BCUT2D eigenvalue weighted by Gasteiger charge is -2.13. The maximum Gasteiger partial charge on any atom is 0.234 e. The first-order valence-electron chi connectivity index (χ1n) is 10.0. The standard InChI is InChI=1S/C23H28N4O2S/c1-5-18-10-7-9-17(3)21(18)24-20(28)15-30-23-26-25-22(27(23)12-13-29-4)19-11-6-8-16(2)14-19/h6-11,14H,5,12-13,15H2,1-4H3,(H,24,28). The van der Waals surface area contributed by atoms with E-state index in [1.165, 1.54) is 11.8 Å². The Morgan fingerprint density at radius 2 is 1.97 bits per heavy atom. The second kappa shape index (κ2) is 10.4. The molecule has 0 radical (unpaired) electrons. The van der Waals surface area contributed by atoms with E-state index in [-0.39, 0.29) is 11.7 Å². The number of anilines is 1. The summed E-state index contributed by atoms with van der Waals surface area (Å²) in [5.41, 5.74) is 5.28. The number of para-hydroxylation sites is 1. The summed E-state index contributed by atoms with van der Waals surface area (Å²) in [4.78, 5) is 12.6. The smallest absolute Gasteiger partial charge is 0.234 e. The van der Waals surface area contributed by atoms with Crippen molar-refractivity contribution in [3.63, 3.8) is 0 Å². The number of nitrogens with zero attached hydrogens (tertiary/aromatic N) is 3. The Morgan fingerprint density at radius 3 is 2.70 bits per heavy atom. The first kappa shape index (κ1) is 22.1. The molecule has 2 aromatic carbocycles. The van der Waals surface area contributed by atoms with E-state index in [1.54, 1.807) is 7.11 Å². The monoisotopic (exact) mass is 424 g/mol. The molecule has 0 atom stereocenters. The lowest BCUT2D eigenvalue weighted by atomic mass is 10.1. The van der Waals surface area contributed by atoms with E-state index in [1.807, 2.05) is 41.8 Å². The summed E-state index contributed by atoms with van der Waals surface area (Å²) in [6.45, 7) is 7.31. The largest absolute Gasteiger partial charge is 0.383 e. The summed E-state index contributed by atoms with van der Waals surface area (Å²) < 4.78 is 7.28. The van der Waals surface area contributed by atoms with Gasteiger partial charge in [-0.25, -0.2) is 0 Å². The maximum absolute atomic E-state index is 12.6. The van der Waals surface area contributed by atoms with Crippen LogP contribution in [0.3, 0.4) is 0 Å². The summed E-state index contributed by atoms with van der Waals surface area (Å²) in [5, 5.41) is 12.5. The summed E-state index contributed by atoms with van der Waals surface area (Å²) in [7, 11) is 1.67. The number of hydrogen-bond acceptors (Lipinski definition) is 5. The fraction of sp³-hybridized carbons (Fsp3) is 0.348. The third kappa shape index (κ3) is 5.29. The van der Waals surface area contributed by atoms with Gasteiger partial charge in [0.05, 0.1) is 18.9 Å². The Labute approximate surface area is 182 Å². The molecule has 6 nitrogen and oxygen atoms in total. The Bertz CT molecular complexity index is 1020. The van der Waals surface area contributed by atoms with Gasteiger partial charge in [-0.2, -0.15) is 0 Å². The van der Waals surface area contributed by atoms with Gasteiger partial charge in [-0.3, -0.25) is 9.36 Å². The molecule has 0 saturated carbocycles. The number of aryl methyl sites for hydroxylation is 3. The van der Waals surface area contributed by atoms with Gasteiger partial charge < -0.3 is 10.1 Å². The Morgan fingerprint density at radius 1 is 1.17 bits per heavy atom. The SMILES string of the molecule is CCc1cccc(C)c1NC(=O)CSc1nnc(-c2cccc(C)c2)n1CCOC. The molecule has 1 aromatic heterocycles. The average Bonchev–Trinajstić information content (AvgIpc) is 3.15. The van der Waals surface area contributed by atoms with Crippen LogP contribution in [0.25, 0.3) is 11.4 Å². The molecule has 0 bridgehead atoms. The van der Waals surface area contributed by atoms with Gasteiger partial charge >= 0.3 is 0 Å². The molecular formula is C23H28N4O2S. The lowest BCUT2D eigenvalue weighted by molar-refractivity contribution is -0.113. The van der Waals surface area contributed by atoms with E-state index in [4.69, 9.17) is 4.74 Å². The van der Waals surface area contributed by atoms with E-state index in [9.17, 15) is 4.79 Å². The first-order valence-corrected chi connectivity index (χ1v) is 11.0. The van der Waals surface area contributed by atoms with Crippen molar-refractivity contribution in [3.8, 4) is 11.4 Å². The van der Waals surface area contributed by atoms with Crippen molar-refractivity contribution in [1.29, 1.82) is 0 Å². The quantitative estimate of drug-likeness (QED) is 0.512. The van der Waals surface area contributed by atoms with Crippen LogP contribution >= 0.6 is 11.8 Å². The number of ether oxygens (including phenoxy) is 1. The predicted octanol–water partition coefficient (Wildman–Crippen LogP) is 4.50. The molecule has 1 heterocycles. The highest BCUT2D eigenvalue weighted by atomic mass is 32.2. The molecule has 0 unspecified atom stereocenters. The summed E-state index contributed by atoms with van der Waals surface area (Å²) in [5.74, 6) is 0.990. The molecule has 158 valence electrons. The molecule has 3 rings (SSSR count). The molecule has 1 N–H and O–H groups in total. The van der Waals surface area contributed by atoms with Gasteiger partial charge in [0.2, 0.25) is 5.91 Å². The van der Waals surface area contributed by atoms with Gasteiger partial charge in [0.25, 0.3) is 0 Å². The average molecular weight is 425 g/mol. The Balaban J connectivity index is 1.76. The fourth-order valence-electron chi connectivity index (χ4n) is 3.28. The maximum atomic E-state index is 12.6. The second-order valence-corrected chi connectivity index (χ2v) is 8.06. The van der Waals surface area contributed by atoms with E-state index in [2.05, 4.69) is 41.5 Å². The van der Waals surface area contributed by atoms with Crippen LogP contribution < -0.4 is 5.32 Å². The van der Waals surface area contributed by atoms with Gasteiger partial charge in [-0.05, 0) is 37.5 Å². The third-order valence-corrected chi connectivity index (χ3v) is 5.82. The van der Waals surface area contributed by atoms with Crippen LogP contribution in [0.4, 0.5) is 5.69 Å². The van der Waals surface area contributed by atoms with Crippen molar-refractivity contribution in [2.24, 2.45) is 0 Å². The number of carbonyl (C=O) groups excluding carboxylic acids is 1. The molecule has 0 spiro atoms. The van der Waals surface area contributed by atoms with Crippen LogP contribution in [0.5, 0.6) is 0 Å². The molecule has 0 fully saturated rings. The summed E-state index contributed by atoms with van der Waals surface area (Å²) in [6.07, 6.45) is 0.871. The van der Waals surface area contributed by atoms with Crippen LogP contribution in [-0.4, -0.2) is 40.1 Å². The van der Waals surface area contributed by atoms with Crippen LogP contribution in [0.15, 0.2) is 47.6 Å². The highest BCUT2D eigenvalue weighted by Gasteiger charge is 2.16. The molecule has 0 aliphatic heterocycles. The van der Waals surface area contributed by atoms with Crippen molar-refractivity contribution in [3.05, 3.63) is 59.2 Å². The topological polar surface area (TPSA) is 69.0 Å². The van der Waals surface area contributed by atoms with E-state index in [0.717, 1.165) is 40.2 Å². The number of hydrogen-bond donors (Lipinski definition) is 1. The molecule has 0 aliphatic rings. The minimum Gasteiger partial charge on any atom is -0.383 e. The van der Waals surface area contributed by atoms with Crippen molar-refractivity contribution in [1.82, 2.24) is 14.8 Å². The molecule has 0 aliphatic carbocycles. The third-order valence-electron chi connectivity index (χ3n) is 4.85. The van der Waals surface area contributed by atoms with Crippen molar-refractivity contribution in [2.45, 2.75) is 38.9 Å². The number of rotatable bonds is 9. The highest BCUT2D eigenvalue weighted by molar-refractivity contribution is 7.99. The molecule has 7 heteroatoms. The minimum atomic E-state index is -0.0533. The number of nitrogens with one attached hydrogen (secondary N) is 1. The Hall–Kier alpha value is -2.64. The van der Waals surface area contributed by atoms with Gasteiger partial charge in [0.1, 0.15) is 0 Å². The second-order valence-electron chi connectivity index (χ2n) is 7.12. The van der Waals surface area contributed by atoms with Gasteiger partial charge in [-0.15, -0.1) is 10.2 Å². The Kier molecular flexibility index (Phi) is 7.65. The van der Waals surface area contributed by atoms with E-state index in [0.29, 0.717) is 18.3 Å². The van der Waals surface area contributed by atoms with Crippen LogP contribution in [0.1, 0.15) is 23.6 Å². The number of aromatic nitrogens is 3. The number of thioether (sulfide) groups is 1. The first-order chi connectivity index (χ1) is 14.5. The van der Waals surface area contributed by atoms with Crippen LogP contribution in [0.2, 0.25) is 0 Å². The molecule has 3 aromatic rings. The van der Waals surface area contributed by atoms with Crippen LogP contribution in [-0.2, 0) is 22.5 Å². The predicted molar refractivity (Wildman–Crippen MR) is 122 cm³/mol. The van der Waals surface area contributed by atoms with Gasteiger partial charge in [0.15, 0.2) is 11.0 Å². The van der Waals surface area contributed by atoms with Gasteiger partial charge in [0, 0.05) is 18.4 Å². The van der Waals surface area contributed by atoms with Crippen molar-refractivity contribution in [2.75, 3.05) is 24.8 Å². The number of carbonyl (C=O) groups is 1.